The fourth-order valence-corrected chi connectivity index (χ4v) is 1.60. The van der Waals surface area contributed by atoms with Crippen LogP contribution < -0.4 is 0 Å². The molecule has 0 saturated carbocycles. The number of ketones is 1. The molecule has 0 aliphatic rings. The highest BCUT2D eigenvalue weighted by Gasteiger charge is 2.04. The van der Waals surface area contributed by atoms with E-state index in [-0.39, 0.29) is 5.78 Å². The van der Waals surface area contributed by atoms with Crippen molar-refractivity contribution in [3.63, 3.8) is 0 Å². The Hall–Kier alpha value is -0.670. The summed E-state index contributed by atoms with van der Waals surface area (Å²) in [5.41, 5.74) is 0.830. The van der Waals surface area contributed by atoms with E-state index in [9.17, 15) is 4.79 Å². The van der Waals surface area contributed by atoms with Gasteiger partial charge in [0.1, 0.15) is 0 Å². The monoisotopic (exact) mass is 184 g/mol. The van der Waals surface area contributed by atoms with Gasteiger partial charge in [-0.05, 0) is 17.9 Å². The third-order valence-corrected chi connectivity index (χ3v) is 2.28. The number of carbonyl (C=O) groups is 1. The molecule has 0 bridgehead atoms. The Morgan fingerprint density at radius 2 is 2.50 bits per heavy atom. The van der Waals surface area contributed by atoms with E-state index in [0.717, 1.165) is 12.0 Å². The summed E-state index contributed by atoms with van der Waals surface area (Å²) in [5.74, 6) is 0.216. The van der Waals surface area contributed by atoms with E-state index < -0.39 is 0 Å². The van der Waals surface area contributed by atoms with Crippen LogP contribution in [0.5, 0.6) is 0 Å². The average molecular weight is 184 g/mol. The maximum Gasteiger partial charge on any atom is 0.163 e. The molecule has 66 valence electrons. The predicted octanol–water partition coefficient (Wildman–Crippen LogP) is 2.36. The molecule has 1 aromatic heterocycles. The van der Waals surface area contributed by atoms with Crippen LogP contribution in [0.4, 0.5) is 0 Å². The van der Waals surface area contributed by atoms with Crippen molar-refractivity contribution in [2.45, 2.75) is 12.8 Å². The molecule has 0 unspecified atom stereocenters. The lowest BCUT2D eigenvalue weighted by Gasteiger charge is -1.96. The molecular formula is C9H12O2S. The molecule has 0 amide bonds. The number of ether oxygens (including phenoxy) is 1. The number of carbonyl (C=O) groups excluding carboxylic acids is 1. The standard InChI is InChI=1S/C9H12O2S/c1-11-5-2-3-9(10)8-4-6-12-7-8/h4,6-7H,2-3,5H2,1H3. The molecule has 0 radical (unpaired) electrons. The lowest BCUT2D eigenvalue weighted by atomic mass is 10.1. The Labute approximate surface area is 76.2 Å². The van der Waals surface area contributed by atoms with Crippen molar-refractivity contribution in [3.8, 4) is 0 Å². The van der Waals surface area contributed by atoms with Crippen LogP contribution in [0, 0.1) is 0 Å². The van der Waals surface area contributed by atoms with Gasteiger partial charge in [0.25, 0.3) is 0 Å². The molecule has 0 fully saturated rings. The van der Waals surface area contributed by atoms with Gasteiger partial charge in [-0.25, -0.2) is 0 Å². The first-order valence-electron chi connectivity index (χ1n) is 3.89. The molecule has 0 spiro atoms. The van der Waals surface area contributed by atoms with Crippen LogP contribution >= 0.6 is 11.3 Å². The summed E-state index contributed by atoms with van der Waals surface area (Å²) >= 11 is 1.56. The number of hydrogen-bond acceptors (Lipinski definition) is 3. The Morgan fingerprint density at radius 3 is 3.08 bits per heavy atom. The summed E-state index contributed by atoms with van der Waals surface area (Å²) in [7, 11) is 1.65. The average Bonchev–Trinajstić information content (AvgIpc) is 2.56. The van der Waals surface area contributed by atoms with Gasteiger partial charge in [-0.3, -0.25) is 4.79 Å². The second kappa shape index (κ2) is 5.06. The zero-order valence-corrected chi connectivity index (χ0v) is 7.89. The van der Waals surface area contributed by atoms with Crippen LogP contribution in [0.2, 0.25) is 0 Å². The number of hydrogen-bond donors (Lipinski definition) is 0. The molecule has 0 aliphatic heterocycles. The number of thiophene rings is 1. The van der Waals surface area contributed by atoms with Crippen LogP contribution in [0.3, 0.4) is 0 Å². The molecule has 0 aliphatic carbocycles. The van der Waals surface area contributed by atoms with Gasteiger partial charge in [0, 0.05) is 31.1 Å². The van der Waals surface area contributed by atoms with Crippen molar-refractivity contribution >= 4 is 17.1 Å². The van der Waals surface area contributed by atoms with Crippen molar-refractivity contribution < 1.29 is 9.53 Å². The predicted molar refractivity (Wildman–Crippen MR) is 49.8 cm³/mol. The van der Waals surface area contributed by atoms with Gasteiger partial charge in [0.15, 0.2) is 5.78 Å². The van der Waals surface area contributed by atoms with E-state index in [1.807, 2.05) is 16.8 Å². The maximum atomic E-state index is 11.3. The largest absolute Gasteiger partial charge is 0.385 e. The third kappa shape index (κ3) is 2.75. The second-order valence-electron chi connectivity index (χ2n) is 2.53. The molecular weight excluding hydrogens is 172 g/mol. The fraction of sp³-hybridized carbons (Fsp3) is 0.444. The number of Topliss-reactive ketones (excluding diaryl/α,β-unsaturated/α-hetero) is 1. The second-order valence-corrected chi connectivity index (χ2v) is 3.31. The molecule has 0 atom stereocenters. The molecule has 0 aromatic carbocycles. The van der Waals surface area contributed by atoms with E-state index in [1.165, 1.54) is 0 Å². The van der Waals surface area contributed by atoms with Gasteiger partial charge in [0.05, 0.1) is 0 Å². The number of rotatable bonds is 5. The highest BCUT2D eigenvalue weighted by Crippen LogP contribution is 2.09. The quantitative estimate of drug-likeness (QED) is 0.518. The van der Waals surface area contributed by atoms with Gasteiger partial charge < -0.3 is 4.74 Å². The zero-order valence-electron chi connectivity index (χ0n) is 7.08. The Kier molecular flexibility index (Phi) is 3.97. The van der Waals surface area contributed by atoms with E-state index in [4.69, 9.17) is 4.74 Å². The van der Waals surface area contributed by atoms with Crippen LogP contribution in [-0.2, 0) is 4.74 Å². The Balaban J connectivity index is 2.30. The summed E-state index contributed by atoms with van der Waals surface area (Å²) in [5, 5.41) is 3.80. The van der Waals surface area contributed by atoms with E-state index in [0.29, 0.717) is 13.0 Å². The van der Waals surface area contributed by atoms with Gasteiger partial charge >= 0.3 is 0 Å². The molecule has 1 rings (SSSR count). The normalized spacial score (nSPS) is 10.1. The molecule has 1 heterocycles. The van der Waals surface area contributed by atoms with E-state index in [2.05, 4.69) is 0 Å². The summed E-state index contributed by atoms with van der Waals surface area (Å²) in [6, 6.07) is 1.86. The SMILES string of the molecule is COCCCC(=O)c1ccsc1. The van der Waals surface area contributed by atoms with Gasteiger partial charge in [0.2, 0.25) is 0 Å². The van der Waals surface area contributed by atoms with Gasteiger partial charge in [-0.1, -0.05) is 0 Å². The molecule has 3 heteroatoms. The van der Waals surface area contributed by atoms with Gasteiger partial charge in [-0.2, -0.15) is 11.3 Å². The van der Waals surface area contributed by atoms with Crippen molar-refractivity contribution in [1.82, 2.24) is 0 Å². The Morgan fingerprint density at radius 1 is 1.67 bits per heavy atom. The van der Waals surface area contributed by atoms with Crippen LogP contribution in [0.25, 0.3) is 0 Å². The molecule has 0 N–H and O–H groups in total. The van der Waals surface area contributed by atoms with Crippen LogP contribution in [0.15, 0.2) is 16.8 Å². The van der Waals surface area contributed by atoms with Crippen molar-refractivity contribution in [2.24, 2.45) is 0 Å². The summed E-state index contributed by atoms with van der Waals surface area (Å²) in [4.78, 5) is 11.3. The molecule has 2 nitrogen and oxygen atoms in total. The first-order valence-corrected chi connectivity index (χ1v) is 4.83. The van der Waals surface area contributed by atoms with Crippen LogP contribution in [0.1, 0.15) is 23.2 Å². The van der Waals surface area contributed by atoms with E-state index >= 15 is 0 Å². The maximum absolute atomic E-state index is 11.3. The van der Waals surface area contributed by atoms with Crippen molar-refractivity contribution in [1.29, 1.82) is 0 Å². The third-order valence-electron chi connectivity index (χ3n) is 1.60. The van der Waals surface area contributed by atoms with E-state index in [1.54, 1.807) is 18.4 Å². The lowest BCUT2D eigenvalue weighted by Crippen LogP contribution is -1.99. The summed E-state index contributed by atoms with van der Waals surface area (Å²) in [6.45, 7) is 0.663. The smallest absolute Gasteiger partial charge is 0.163 e. The van der Waals surface area contributed by atoms with Gasteiger partial charge in [-0.15, -0.1) is 0 Å². The Bertz CT molecular complexity index is 229. The first-order chi connectivity index (χ1) is 5.84. The minimum atomic E-state index is 0.216. The molecule has 0 saturated heterocycles. The van der Waals surface area contributed by atoms with Crippen LogP contribution in [-0.4, -0.2) is 19.5 Å². The zero-order chi connectivity index (χ0) is 8.81. The summed E-state index contributed by atoms with van der Waals surface area (Å²) in [6.07, 6.45) is 1.40. The minimum Gasteiger partial charge on any atom is -0.385 e. The van der Waals surface area contributed by atoms with Crippen molar-refractivity contribution in [3.05, 3.63) is 22.4 Å². The van der Waals surface area contributed by atoms with Crippen molar-refractivity contribution in [2.75, 3.05) is 13.7 Å². The summed E-state index contributed by atoms with van der Waals surface area (Å²) < 4.78 is 4.86. The lowest BCUT2D eigenvalue weighted by molar-refractivity contribution is 0.0964. The minimum absolute atomic E-state index is 0.216. The molecule has 1 aromatic rings. The first kappa shape index (κ1) is 9.42. The topological polar surface area (TPSA) is 26.3 Å². The fourth-order valence-electron chi connectivity index (χ4n) is 0.945. The highest BCUT2D eigenvalue weighted by molar-refractivity contribution is 7.08. The number of methoxy groups -OCH3 is 1. The highest BCUT2D eigenvalue weighted by atomic mass is 32.1. The molecule has 12 heavy (non-hydrogen) atoms.